The number of hydrogen-bond acceptors (Lipinski definition) is 7. The van der Waals surface area contributed by atoms with E-state index in [9.17, 15) is 10.2 Å². The molecule has 1 aliphatic rings. The fourth-order valence-electron chi connectivity index (χ4n) is 3.44. The van der Waals surface area contributed by atoms with Crippen LogP contribution < -0.4 is 10.2 Å². The largest absolute Gasteiger partial charge is 0.508 e. The number of ether oxygens (including phenoxy) is 1. The summed E-state index contributed by atoms with van der Waals surface area (Å²) in [7, 11) is 0. The Balaban J connectivity index is 1.58. The number of phenolic OH excluding ortho intramolecular Hbond substituents is 2. The number of benzene rings is 2. The van der Waals surface area contributed by atoms with Gasteiger partial charge in [-0.15, -0.1) is 5.10 Å². The topological polar surface area (TPSA) is 95.7 Å². The predicted octanol–water partition coefficient (Wildman–Crippen LogP) is 3.38. The number of aromatic nitrogens is 3. The van der Waals surface area contributed by atoms with E-state index in [2.05, 4.69) is 32.7 Å². The number of hydrogen-bond donors (Lipinski definition) is 3. The number of morpholine rings is 1. The van der Waals surface area contributed by atoms with E-state index in [1.165, 1.54) is 10.7 Å². The summed E-state index contributed by atoms with van der Waals surface area (Å²) in [6, 6.07) is 11.2. The molecule has 0 aliphatic carbocycles. The van der Waals surface area contributed by atoms with Gasteiger partial charge in [-0.2, -0.15) is 4.68 Å². The molecule has 152 valence electrons. The van der Waals surface area contributed by atoms with Crippen LogP contribution in [0.25, 0.3) is 5.69 Å². The van der Waals surface area contributed by atoms with Crippen molar-refractivity contribution in [3.63, 3.8) is 0 Å². The van der Waals surface area contributed by atoms with E-state index in [-0.39, 0.29) is 17.4 Å². The summed E-state index contributed by atoms with van der Waals surface area (Å²) in [4.78, 5) is 2.29. The highest BCUT2D eigenvalue weighted by atomic mass is 16.5. The van der Waals surface area contributed by atoms with Crippen LogP contribution in [0.15, 0.2) is 42.6 Å². The van der Waals surface area contributed by atoms with Crippen molar-refractivity contribution in [2.24, 2.45) is 0 Å². The first-order valence-electron chi connectivity index (χ1n) is 9.69. The normalized spacial score (nSPS) is 14.4. The molecule has 0 unspecified atom stereocenters. The van der Waals surface area contributed by atoms with Gasteiger partial charge >= 0.3 is 0 Å². The molecule has 1 saturated heterocycles. The average molecular weight is 395 g/mol. The highest BCUT2D eigenvalue weighted by Crippen LogP contribution is 2.35. The third-order valence-electron chi connectivity index (χ3n) is 5.04. The second-order valence-corrected chi connectivity index (χ2v) is 7.36. The van der Waals surface area contributed by atoms with Crippen LogP contribution in [0.4, 0.5) is 17.2 Å². The van der Waals surface area contributed by atoms with Gasteiger partial charge in [0.05, 0.1) is 19.4 Å². The van der Waals surface area contributed by atoms with Gasteiger partial charge in [0.2, 0.25) is 0 Å². The molecule has 0 bridgehead atoms. The number of nitrogens with one attached hydrogen (secondary N) is 1. The maximum absolute atomic E-state index is 10.3. The van der Waals surface area contributed by atoms with Crippen LogP contribution >= 0.6 is 0 Å². The molecule has 0 atom stereocenters. The number of nitrogens with zero attached hydrogens (tertiary/aromatic N) is 4. The Hall–Kier alpha value is -3.26. The van der Waals surface area contributed by atoms with E-state index in [1.54, 1.807) is 12.3 Å². The zero-order valence-corrected chi connectivity index (χ0v) is 16.5. The van der Waals surface area contributed by atoms with Crippen molar-refractivity contribution in [1.82, 2.24) is 15.0 Å². The Labute approximate surface area is 169 Å². The quantitative estimate of drug-likeness (QED) is 0.609. The molecule has 8 nitrogen and oxygen atoms in total. The third-order valence-corrected chi connectivity index (χ3v) is 5.04. The summed E-state index contributed by atoms with van der Waals surface area (Å²) >= 11 is 0. The van der Waals surface area contributed by atoms with Crippen molar-refractivity contribution in [2.75, 3.05) is 36.5 Å². The molecule has 4 rings (SSSR count). The standard InChI is InChI=1S/C21H25N5O3/c1-14(2)17-11-18(20(28)12-19(17)27)26-21(13-22-24-26)23-15-3-5-16(6-4-15)25-7-9-29-10-8-25/h3-6,11-14,23,27-28H,7-10H2,1-2H3. The Morgan fingerprint density at radius 2 is 1.76 bits per heavy atom. The summed E-state index contributed by atoms with van der Waals surface area (Å²) < 4.78 is 6.93. The third kappa shape index (κ3) is 3.97. The van der Waals surface area contributed by atoms with Crippen molar-refractivity contribution in [2.45, 2.75) is 19.8 Å². The molecule has 1 aliphatic heterocycles. The molecule has 2 aromatic carbocycles. The van der Waals surface area contributed by atoms with Crippen LogP contribution in [0.5, 0.6) is 11.5 Å². The first-order valence-corrected chi connectivity index (χ1v) is 9.69. The Bertz CT molecular complexity index is 978. The smallest absolute Gasteiger partial charge is 0.154 e. The van der Waals surface area contributed by atoms with Crippen LogP contribution in [0.2, 0.25) is 0 Å². The number of aromatic hydroxyl groups is 2. The van der Waals surface area contributed by atoms with Crippen LogP contribution in [0.1, 0.15) is 25.3 Å². The second-order valence-electron chi connectivity index (χ2n) is 7.36. The molecule has 29 heavy (non-hydrogen) atoms. The number of phenols is 2. The Morgan fingerprint density at radius 1 is 1.03 bits per heavy atom. The van der Waals surface area contributed by atoms with E-state index in [0.717, 1.165) is 43.2 Å². The molecule has 0 spiro atoms. The first kappa shape index (κ1) is 19.1. The zero-order valence-electron chi connectivity index (χ0n) is 16.5. The molecule has 0 saturated carbocycles. The van der Waals surface area contributed by atoms with E-state index in [0.29, 0.717) is 11.5 Å². The van der Waals surface area contributed by atoms with E-state index in [1.807, 2.05) is 26.0 Å². The van der Waals surface area contributed by atoms with Crippen molar-refractivity contribution in [3.8, 4) is 17.2 Å². The highest BCUT2D eigenvalue weighted by Gasteiger charge is 2.16. The summed E-state index contributed by atoms with van der Waals surface area (Å²) in [5, 5.41) is 31.8. The lowest BCUT2D eigenvalue weighted by atomic mass is 10.0. The van der Waals surface area contributed by atoms with Gasteiger partial charge in [0.1, 0.15) is 17.2 Å². The average Bonchev–Trinajstić information content (AvgIpc) is 3.17. The molecule has 8 heteroatoms. The van der Waals surface area contributed by atoms with Crippen molar-refractivity contribution in [1.29, 1.82) is 0 Å². The molecule has 0 radical (unpaired) electrons. The first-order chi connectivity index (χ1) is 14.0. The number of anilines is 3. The SMILES string of the molecule is CC(C)c1cc(-n2nncc2Nc2ccc(N3CCOCC3)cc2)c(O)cc1O. The van der Waals surface area contributed by atoms with Gasteiger partial charge in [-0.25, -0.2) is 0 Å². The monoisotopic (exact) mass is 395 g/mol. The van der Waals surface area contributed by atoms with Crippen LogP contribution in [0, 0.1) is 0 Å². The van der Waals surface area contributed by atoms with Crippen molar-refractivity contribution < 1.29 is 14.9 Å². The maximum atomic E-state index is 10.3. The zero-order chi connectivity index (χ0) is 20.4. The van der Waals surface area contributed by atoms with Gasteiger partial charge in [0.15, 0.2) is 5.82 Å². The Morgan fingerprint density at radius 3 is 2.45 bits per heavy atom. The minimum absolute atomic E-state index is 0.0644. The molecule has 1 fully saturated rings. The molecule has 0 amide bonds. The summed E-state index contributed by atoms with van der Waals surface area (Å²) in [5.41, 5.74) is 3.22. The van der Waals surface area contributed by atoms with E-state index in [4.69, 9.17) is 4.74 Å². The molecular weight excluding hydrogens is 370 g/mol. The lowest BCUT2D eigenvalue weighted by molar-refractivity contribution is 0.122. The molecule has 2 heterocycles. The van der Waals surface area contributed by atoms with Crippen molar-refractivity contribution >= 4 is 17.2 Å². The Kier molecular flexibility index (Phi) is 5.26. The summed E-state index contributed by atoms with van der Waals surface area (Å²) in [6.45, 7) is 7.24. The fourth-order valence-corrected chi connectivity index (χ4v) is 3.44. The van der Waals surface area contributed by atoms with Gasteiger partial charge in [-0.1, -0.05) is 19.1 Å². The molecule has 3 aromatic rings. The van der Waals surface area contributed by atoms with E-state index >= 15 is 0 Å². The van der Waals surface area contributed by atoms with Crippen LogP contribution in [-0.4, -0.2) is 51.5 Å². The van der Waals surface area contributed by atoms with Gasteiger partial charge in [0.25, 0.3) is 0 Å². The molecule has 3 N–H and O–H groups in total. The fraction of sp³-hybridized carbons (Fsp3) is 0.333. The summed E-state index contributed by atoms with van der Waals surface area (Å²) in [5.74, 6) is 0.708. The molecular formula is C21H25N5O3. The lowest BCUT2D eigenvalue weighted by Crippen LogP contribution is -2.36. The minimum atomic E-state index is -0.0666. The number of rotatable bonds is 5. The van der Waals surface area contributed by atoms with Gasteiger partial charge < -0.3 is 25.2 Å². The predicted molar refractivity (Wildman–Crippen MR) is 112 cm³/mol. The maximum Gasteiger partial charge on any atom is 0.154 e. The van der Waals surface area contributed by atoms with Crippen LogP contribution in [0.3, 0.4) is 0 Å². The minimum Gasteiger partial charge on any atom is -0.508 e. The van der Waals surface area contributed by atoms with E-state index < -0.39 is 0 Å². The lowest BCUT2D eigenvalue weighted by Gasteiger charge is -2.28. The second kappa shape index (κ2) is 8.00. The van der Waals surface area contributed by atoms with Gasteiger partial charge in [-0.3, -0.25) is 0 Å². The summed E-state index contributed by atoms with van der Waals surface area (Å²) in [6.07, 6.45) is 1.59. The molecule has 1 aromatic heterocycles. The van der Waals surface area contributed by atoms with Gasteiger partial charge in [0, 0.05) is 30.5 Å². The van der Waals surface area contributed by atoms with Crippen LogP contribution in [-0.2, 0) is 4.74 Å². The van der Waals surface area contributed by atoms with Gasteiger partial charge in [-0.05, 0) is 41.8 Å². The highest BCUT2D eigenvalue weighted by molar-refractivity contribution is 5.63. The van der Waals surface area contributed by atoms with Crippen molar-refractivity contribution in [3.05, 3.63) is 48.2 Å².